The quantitative estimate of drug-likeness (QED) is 0.256. The first kappa shape index (κ1) is 28.9. The summed E-state index contributed by atoms with van der Waals surface area (Å²) in [5, 5.41) is 9.47. The van der Waals surface area contributed by atoms with E-state index >= 15 is 0 Å². The van der Waals surface area contributed by atoms with Crippen LogP contribution in [-0.2, 0) is 21.4 Å². The first-order valence-electron chi connectivity index (χ1n) is 14.3. The number of rotatable bonds is 8. The molecular formula is C34H37N3O5. The highest BCUT2D eigenvalue weighted by Gasteiger charge is 2.47. The van der Waals surface area contributed by atoms with E-state index in [4.69, 9.17) is 15.2 Å². The van der Waals surface area contributed by atoms with Gasteiger partial charge in [0.15, 0.2) is 0 Å². The van der Waals surface area contributed by atoms with Crippen molar-refractivity contribution in [1.82, 2.24) is 4.90 Å². The molecule has 1 spiro atoms. The number of nitrogens with two attached hydrogens (primary N) is 1. The molecule has 8 nitrogen and oxygen atoms in total. The Bertz CT molecular complexity index is 1540. The number of ether oxygens (including phenoxy) is 2. The number of hydrogen-bond donors (Lipinski definition) is 2. The molecular weight excluding hydrogens is 530 g/mol. The van der Waals surface area contributed by atoms with Crippen LogP contribution in [0.5, 0.6) is 5.75 Å². The van der Waals surface area contributed by atoms with Crippen LogP contribution in [0.3, 0.4) is 0 Å². The summed E-state index contributed by atoms with van der Waals surface area (Å²) in [4.78, 5) is 29.9. The number of benzene rings is 3. The normalized spacial score (nSPS) is 17.5. The molecule has 1 atom stereocenters. The summed E-state index contributed by atoms with van der Waals surface area (Å²) in [7, 11) is 1.67. The molecule has 3 aromatic carbocycles. The first-order chi connectivity index (χ1) is 20.3. The molecule has 1 heterocycles. The molecule has 1 amide bonds. The van der Waals surface area contributed by atoms with Crippen LogP contribution in [-0.4, -0.2) is 54.6 Å². The zero-order valence-corrected chi connectivity index (χ0v) is 24.1. The van der Waals surface area contributed by atoms with Crippen LogP contribution in [0.15, 0.2) is 72.2 Å². The second-order valence-electron chi connectivity index (χ2n) is 10.9. The van der Waals surface area contributed by atoms with E-state index in [1.54, 1.807) is 24.1 Å². The highest BCUT2D eigenvalue weighted by atomic mass is 16.6. The smallest absolute Gasteiger partial charge is 0.409 e. The van der Waals surface area contributed by atoms with Gasteiger partial charge in [0.05, 0.1) is 13.0 Å². The van der Waals surface area contributed by atoms with E-state index in [9.17, 15) is 14.7 Å². The third-order valence-corrected chi connectivity index (χ3v) is 8.50. The predicted octanol–water partition coefficient (Wildman–Crippen LogP) is 5.97. The Kier molecular flexibility index (Phi) is 8.34. The largest absolute Gasteiger partial charge is 0.485 e. The zero-order valence-electron chi connectivity index (χ0n) is 24.1. The van der Waals surface area contributed by atoms with Crippen molar-refractivity contribution in [2.45, 2.75) is 44.1 Å². The monoisotopic (exact) mass is 567 g/mol. The average Bonchev–Trinajstić information content (AvgIpc) is 3.29. The lowest BCUT2D eigenvalue weighted by Gasteiger charge is -2.39. The minimum Gasteiger partial charge on any atom is -0.485 e. The Morgan fingerprint density at radius 1 is 1.12 bits per heavy atom. The van der Waals surface area contributed by atoms with E-state index in [0.29, 0.717) is 36.8 Å². The summed E-state index contributed by atoms with van der Waals surface area (Å²) in [6.07, 6.45) is 3.41. The Hall–Kier alpha value is -4.59. The van der Waals surface area contributed by atoms with Gasteiger partial charge in [-0.2, -0.15) is 0 Å². The molecule has 42 heavy (non-hydrogen) atoms. The highest BCUT2D eigenvalue weighted by Crippen LogP contribution is 2.53. The van der Waals surface area contributed by atoms with Crippen LogP contribution in [0.2, 0.25) is 0 Å². The number of amidine groups is 1. The number of piperidine rings is 1. The average molecular weight is 568 g/mol. The maximum atomic E-state index is 12.4. The lowest BCUT2D eigenvalue weighted by Crippen LogP contribution is -2.44. The van der Waals surface area contributed by atoms with Crippen LogP contribution in [0.25, 0.3) is 17.2 Å². The van der Waals surface area contributed by atoms with E-state index in [2.05, 4.69) is 29.8 Å². The number of carboxylic acid groups (broad SMARTS) is 1. The van der Waals surface area contributed by atoms with Gasteiger partial charge in [-0.15, -0.1) is 0 Å². The minimum absolute atomic E-state index is 0.117. The number of para-hydroxylation sites is 1. The fraction of sp³-hybridized carbons (Fsp3) is 0.324. The fourth-order valence-corrected chi connectivity index (χ4v) is 6.31. The van der Waals surface area contributed by atoms with Gasteiger partial charge < -0.3 is 25.2 Å². The van der Waals surface area contributed by atoms with E-state index in [1.165, 1.54) is 5.56 Å². The minimum atomic E-state index is -0.906. The molecule has 1 unspecified atom stereocenters. The molecule has 3 aromatic rings. The van der Waals surface area contributed by atoms with Crippen molar-refractivity contribution in [3.05, 3.63) is 95.1 Å². The SMILES string of the molecule is C=Cc1ccc(-c2ccc3c(c2)C(Oc2ccccc2CC(=O)O)CC32CCN(C(=O)OCC)CC2)cc1/C(N)=N\C. The third kappa shape index (κ3) is 5.62. The van der Waals surface area contributed by atoms with Crippen LogP contribution in [0.1, 0.15) is 60.1 Å². The number of nitrogens with zero attached hydrogens (tertiary/aromatic N) is 2. The van der Waals surface area contributed by atoms with Crippen LogP contribution in [0, 0.1) is 0 Å². The van der Waals surface area contributed by atoms with Gasteiger partial charge in [-0.25, -0.2) is 4.79 Å². The Labute approximate surface area is 246 Å². The third-order valence-electron chi connectivity index (χ3n) is 8.50. The van der Waals surface area contributed by atoms with Crippen LogP contribution >= 0.6 is 0 Å². The molecule has 1 aliphatic carbocycles. The lowest BCUT2D eigenvalue weighted by molar-refractivity contribution is -0.136. The summed E-state index contributed by atoms with van der Waals surface area (Å²) in [5.41, 5.74) is 12.7. The summed E-state index contributed by atoms with van der Waals surface area (Å²) in [6.45, 7) is 7.28. The molecule has 218 valence electrons. The number of amides is 1. The molecule has 0 aromatic heterocycles. The highest BCUT2D eigenvalue weighted by molar-refractivity contribution is 6.01. The van der Waals surface area contributed by atoms with Crippen LogP contribution < -0.4 is 10.5 Å². The zero-order chi connectivity index (χ0) is 29.9. The summed E-state index contributed by atoms with van der Waals surface area (Å²) in [6, 6.07) is 19.9. The molecule has 0 saturated carbocycles. The van der Waals surface area contributed by atoms with Gasteiger partial charge in [0.1, 0.15) is 17.7 Å². The predicted molar refractivity (Wildman–Crippen MR) is 164 cm³/mol. The van der Waals surface area contributed by atoms with Crippen LogP contribution in [0.4, 0.5) is 4.79 Å². The second kappa shape index (κ2) is 12.1. The number of aliphatic imine (C=N–C) groups is 1. The number of carbonyl (C=O) groups excluding carboxylic acids is 1. The van der Waals surface area contributed by atoms with Crippen molar-refractivity contribution in [2.24, 2.45) is 10.7 Å². The molecule has 2 aliphatic rings. The maximum absolute atomic E-state index is 12.4. The molecule has 1 saturated heterocycles. The number of likely N-dealkylation sites (tertiary alicyclic amines) is 1. The Morgan fingerprint density at radius 3 is 2.52 bits per heavy atom. The molecule has 1 aliphatic heterocycles. The van der Waals surface area contributed by atoms with Gasteiger partial charge in [0.2, 0.25) is 0 Å². The molecule has 0 radical (unpaired) electrons. The lowest BCUT2D eigenvalue weighted by atomic mass is 9.73. The summed E-state index contributed by atoms with van der Waals surface area (Å²) in [5.74, 6) is 0.111. The second-order valence-corrected chi connectivity index (χ2v) is 10.9. The Balaban J connectivity index is 1.54. The number of fused-ring (bicyclic) bond motifs is 2. The van der Waals surface area contributed by atoms with Gasteiger partial charge in [0, 0.05) is 36.7 Å². The molecule has 1 fully saturated rings. The fourth-order valence-electron chi connectivity index (χ4n) is 6.31. The first-order valence-corrected chi connectivity index (χ1v) is 14.3. The number of carbonyl (C=O) groups is 2. The Morgan fingerprint density at radius 2 is 1.83 bits per heavy atom. The van der Waals surface area contributed by atoms with Gasteiger partial charge in [-0.1, -0.05) is 55.1 Å². The number of aliphatic carboxylic acids is 1. The van der Waals surface area contributed by atoms with Gasteiger partial charge in [-0.05, 0) is 72.2 Å². The van der Waals surface area contributed by atoms with Crippen molar-refractivity contribution in [3.8, 4) is 16.9 Å². The van der Waals surface area contributed by atoms with Crippen molar-refractivity contribution < 1.29 is 24.2 Å². The van der Waals surface area contributed by atoms with Gasteiger partial charge in [0.25, 0.3) is 0 Å². The summed E-state index contributed by atoms with van der Waals surface area (Å²) < 4.78 is 11.9. The molecule has 5 rings (SSSR count). The van der Waals surface area contributed by atoms with Crippen molar-refractivity contribution in [1.29, 1.82) is 0 Å². The van der Waals surface area contributed by atoms with E-state index < -0.39 is 5.97 Å². The van der Waals surface area contributed by atoms with Crippen molar-refractivity contribution >= 4 is 24.0 Å². The molecule has 0 bridgehead atoms. The topological polar surface area (TPSA) is 114 Å². The van der Waals surface area contributed by atoms with E-state index in [1.807, 2.05) is 43.3 Å². The van der Waals surface area contributed by atoms with Crippen molar-refractivity contribution in [3.63, 3.8) is 0 Å². The van der Waals surface area contributed by atoms with E-state index in [-0.39, 0.29) is 24.0 Å². The van der Waals surface area contributed by atoms with Gasteiger partial charge in [-0.3, -0.25) is 9.79 Å². The van der Waals surface area contributed by atoms with Crippen molar-refractivity contribution in [2.75, 3.05) is 26.7 Å². The maximum Gasteiger partial charge on any atom is 0.409 e. The summed E-state index contributed by atoms with van der Waals surface area (Å²) >= 11 is 0. The standard InChI is InChI=1S/C34H37N3O5/c1-4-22-10-11-23(18-26(22)32(35)36-3)24-12-13-28-27(19-24)30(42-29-9-7-6-8-25(29)20-31(38)39)21-34(28)14-16-37(17-15-34)33(40)41-5-2/h4,6-13,18-19,30H,1,5,14-17,20-21H2,2-3H3,(H2,35,36)(H,38,39). The van der Waals surface area contributed by atoms with E-state index in [0.717, 1.165) is 47.1 Å². The van der Waals surface area contributed by atoms with Gasteiger partial charge >= 0.3 is 12.1 Å². The molecule has 8 heteroatoms. The number of carboxylic acids is 1. The molecule has 3 N–H and O–H groups in total. The number of hydrogen-bond acceptors (Lipinski definition) is 5.